The summed E-state index contributed by atoms with van der Waals surface area (Å²) in [6.07, 6.45) is 0. The first kappa shape index (κ1) is 12.6. The van der Waals surface area contributed by atoms with Gasteiger partial charge in [-0.15, -0.1) is 0 Å². The zero-order chi connectivity index (χ0) is 12.3. The van der Waals surface area contributed by atoms with Crippen molar-refractivity contribution in [1.29, 1.82) is 0 Å². The SMILES string of the molecule is [CH2]C(C)NS(=O)(=O)c1ccccc1[N+](=O)[O-]. The third kappa shape index (κ3) is 2.77. The maximum Gasteiger partial charge on any atom is 0.289 e. The van der Waals surface area contributed by atoms with Crippen LogP contribution in [0.15, 0.2) is 29.2 Å². The van der Waals surface area contributed by atoms with E-state index >= 15 is 0 Å². The zero-order valence-electron chi connectivity index (χ0n) is 8.58. The second-order valence-corrected chi connectivity index (χ2v) is 4.93. The highest BCUT2D eigenvalue weighted by Gasteiger charge is 2.25. The summed E-state index contributed by atoms with van der Waals surface area (Å²) in [4.78, 5) is 9.57. The third-order valence-corrected chi connectivity index (χ3v) is 3.34. The number of nitrogens with zero attached hydrogens (tertiary/aromatic N) is 1. The Morgan fingerprint density at radius 1 is 1.44 bits per heavy atom. The maximum absolute atomic E-state index is 11.7. The lowest BCUT2D eigenvalue weighted by Crippen LogP contribution is -2.30. The molecule has 1 atom stereocenters. The Labute approximate surface area is 93.5 Å². The van der Waals surface area contributed by atoms with E-state index in [0.717, 1.165) is 6.07 Å². The average molecular weight is 243 g/mol. The standard InChI is InChI=1S/C9H11N2O4S/c1-7(2)10-16(14,15)9-6-4-3-5-8(9)11(12)13/h3-7,10H,1H2,2H3. The van der Waals surface area contributed by atoms with Crippen molar-refractivity contribution in [2.75, 3.05) is 0 Å². The van der Waals surface area contributed by atoms with Crippen molar-refractivity contribution in [3.8, 4) is 0 Å². The molecule has 1 N–H and O–H groups in total. The molecule has 0 aliphatic rings. The van der Waals surface area contributed by atoms with Gasteiger partial charge in [-0.25, -0.2) is 13.1 Å². The molecule has 0 saturated heterocycles. The van der Waals surface area contributed by atoms with E-state index in [1.165, 1.54) is 25.1 Å². The fraction of sp³-hybridized carbons (Fsp3) is 0.222. The van der Waals surface area contributed by atoms with Crippen LogP contribution in [-0.2, 0) is 10.0 Å². The molecule has 0 heterocycles. The van der Waals surface area contributed by atoms with Crippen LogP contribution < -0.4 is 4.72 Å². The van der Waals surface area contributed by atoms with Gasteiger partial charge in [-0.3, -0.25) is 10.1 Å². The minimum Gasteiger partial charge on any atom is -0.258 e. The molecule has 0 fully saturated rings. The van der Waals surface area contributed by atoms with Crippen LogP contribution in [0.1, 0.15) is 6.92 Å². The molecule has 0 amide bonds. The molecule has 1 rings (SSSR count). The number of nitrogens with one attached hydrogen (secondary N) is 1. The Kier molecular flexibility index (Phi) is 3.61. The minimum absolute atomic E-state index is 0.351. The van der Waals surface area contributed by atoms with Gasteiger partial charge >= 0.3 is 0 Å². The molecule has 0 saturated carbocycles. The molecule has 0 aliphatic heterocycles. The van der Waals surface area contributed by atoms with E-state index in [1.807, 2.05) is 0 Å². The lowest BCUT2D eigenvalue weighted by molar-refractivity contribution is -0.387. The van der Waals surface area contributed by atoms with E-state index in [-0.39, 0.29) is 4.90 Å². The number of para-hydroxylation sites is 1. The van der Waals surface area contributed by atoms with Crippen molar-refractivity contribution in [2.45, 2.75) is 17.9 Å². The van der Waals surface area contributed by atoms with Crippen LogP contribution in [0.2, 0.25) is 0 Å². The summed E-state index contributed by atoms with van der Waals surface area (Å²) in [6, 6.07) is 4.59. The Hall–Kier alpha value is -1.47. The number of sulfonamides is 1. The fourth-order valence-corrected chi connectivity index (χ4v) is 2.50. The highest BCUT2D eigenvalue weighted by molar-refractivity contribution is 7.89. The normalized spacial score (nSPS) is 11.7. The quantitative estimate of drug-likeness (QED) is 0.633. The summed E-state index contributed by atoms with van der Waals surface area (Å²) in [5, 5.41) is 10.7. The summed E-state index contributed by atoms with van der Waals surface area (Å²) < 4.78 is 25.6. The molecule has 6 nitrogen and oxygen atoms in total. The van der Waals surface area contributed by atoms with Crippen LogP contribution in [-0.4, -0.2) is 19.4 Å². The molecule has 0 aromatic heterocycles. The number of hydrogen-bond donors (Lipinski definition) is 1. The highest BCUT2D eigenvalue weighted by atomic mass is 32.2. The molecule has 1 aromatic rings. The first-order chi connectivity index (χ1) is 7.34. The Morgan fingerprint density at radius 2 is 2.00 bits per heavy atom. The van der Waals surface area contributed by atoms with E-state index in [1.54, 1.807) is 0 Å². The monoisotopic (exact) mass is 243 g/mol. The van der Waals surface area contributed by atoms with Gasteiger partial charge in [-0.1, -0.05) is 12.1 Å². The number of hydrogen-bond acceptors (Lipinski definition) is 4. The van der Waals surface area contributed by atoms with Crippen LogP contribution in [0.4, 0.5) is 5.69 Å². The number of benzene rings is 1. The summed E-state index contributed by atoms with van der Waals surface area (Å²) >= 11 is 0. The van der Waals surface area contributed by atoms with Crippen molar-refractivity contribution in [3.63, 3.8) is 0 Å². The Bertz CT molecular complexity index is 496. The smallest absolute Gasteiger partial charge is 0.258 e. The summed E-state index contributed by atoms with van der Waals surface area (Å²) in [5.74, 6) is 0. The minimum atomic E-state index is -3.89. The van der Waals surface area contributed by atoms with E-state index in [9.17, 15) is 18.5 Å². The molecule has 16 heavy (non-hydrogen) atoms. The van der Waals surface area contributed by atoms with Crippen LogP contribution >= 0.6 is 0 Å². The summed E-state index contributed by atoms with van der Waals surface area (Å²) in [6.45, 7) is 5.00. The molecular formula is C9H11N2O4S. The van der Waals surface area contributed by atoms with E-state index in [2.05, 4.69) is 11.6 Å². The second-order valence-electron chi connectivity index (χ2n) is 3.25. The fourth-order valence-electron chi connectivity index (χ4n) is 1.16. The molecule has 1 aromatic carbocycles. The van der Waals surface area contributed by atoms with Gasteiger partial charge in [0.05, 0.1) is 4.92 Å². The Morgan fingerprint density at radius 3 is 2.50 bits per heavy atom. The largest absolute Gasteiger partial charge is 0.289 e. The second kappa shape index (κ2) is 4.58. The topological polar surface area (TPSA) is 89.3 Å². The van der Waals surface area contributed by atoms with Gasteiger partial charge < -0.3 is 0 Å². The predicted molar refractivity (Wildman–Crippen MR) is 58.2 cm³/mol. The number of nitro benzene ring substituents is 1. The summed E-state index contributed by atoms with van der Waals surface area (Å²) in [7, 11) is -3.89. The van der Waals surface area contributed by atoms with Gasteiger partial charge in [0.15, 0.2) is 4.90 Å². The first-order valence-corrected chi connectivity index (χ1v) is 5.92. The van der Waals surface area contributed by atoms with Gasteiger partial charge in [-0.05, 0) is 19.9 Å². The van der Waals surface area contributed by atoms with Crippen LogP contribution in [0.3, 0.4) is 0 Å². The molecule has 0 aliphatic carbocycles. The van der Waals surface area contributed by atoms with Gasteiger partial charge in [-0.2, -0.15) is 0 Å². The van der Waals surface area contributed by atoms with Crippen molar-refractivity contribution >= 4 is 15.7 Å². The Balaban J connectivity index is 3.28. The van der Waals surface area contributed by atoms with E-state index < -0.39 is 26.7 Å². The highest BCUT2D eigenvalue weighted by Crippen LogP contribution is 2.22. The molecule has 7 heteroatoms. The van der Waals surface area contributed by atoms with Gasteiger partial charge in [0.25, 0.3) is 5.69 Å². The maximum atomic E-state index is 11.7. The first-order valence-electron chi connectivity index (χ1n) is 4.43. The van der Waals surface area contributed by atoms with Crippen LogP contribution in [0, 0.1) is 17.0 Å². The lowest BCUT2D eigenvalue weighted by atomic mass is 10.3. The van der Waals surface area contributed by atoms with Crippen LogP contribution in [0.5, 0.6) is 0 Å². The number of rotatable bonds is 4. The van der Waals surface area contributed by atoms with Gasteiger partial charge in [0, 0.05) is 12.1 Å². The molecule has 0 bridgehead atoms. The predicted octanol–water partition coefficient (Wildman–Crippen LogP) is 1.10. The molecule has 1 unspecified atom stereocenters. The molecular weight excluding hydrogens is 232 g/mol. The van der Waals surface area contributed by atoms with Crippen LogP contribution in [0.25, 0.3) is 0 Å². The molecule has 87 valence electrons. The lowest BCUT2D eigenvalue weighted by Gasteiger charge is -2.09. The van der Waals surface area contributed by atoms with E-state index in [4.69, 9.17) is 0 Å². The van der Waals surface area contributed by atoms with Gasteiger partial charge in [0.2, 0.25) is 10.0 Å². The third-order valence-electron chi connectivity index (χ3n) is 1.71. The number of nitro groups is 1. The average Bonchev–Trinajstić information content (AvgIpc) is 2.15. The zero-order valence-corrected chi connectivity index (χ0v) is 9.40. The molecule has 1 radical (unpaired) electrons. The van der Waals surface area contributed by atoms with Crippen molar-refractivity contribution < 1.29 is 13.3 Å². The van der Waals surface area contributed by atoms with E-state index in [0.29, 0.717) is 0 Å². The van der Waals surface area contributed by atoms with Gasteiger partial charge in [0.1, 0.15) is 0 Å². The van der Waals surface area contributed by atoms with Crippen molar-refractivity contribution in [3.05, 3.63) is 41.3 Å². The molecule has 0 spiro atoms. The van der Waals surface area contributed by atoms with Crippen molar-refractivity contribution in [2.24, 2.45) is 0 Å². The summed E-state index contributed by atoms with van der Waals surface area (Å²) in [5.41, 5.74) is -0.448. The van der Waals surface area contributed by atoms with Crippen molar-refractivity contribution in [1.82, 2.24) is 4.72 Å².